The van der Waals surface area contributed by atoms with Crippen LogP contribution >= 0.6 is 0 Å². The second kappa shape index (κ2) is 8.93. The molecule has 0 spiro atoms. The molecule has 1 unspecified atom stereocenters. The third-order valence-electron chi connectivity index (χ3n) is 6.66. The Kier molecular flexibility index (Phi) is 6.36. The maximum absolute atomic E-state index is 15.2. The Morgan fingerprint density at radius 3 is 2.55 bits per heavy atom. The van der Waals surface area contributed by atoms with Crippen LogP contribution in [-0.2, 0) is 16.4 Å². The average Bonchev–Trinajstić information content (AvgIpc) is 2.77. The third-order valence-corrected chi connectivity index (χ3v) is 8.40. The molecule has 0 amide bonds. The average molecular weight is 471 g/mol. The summed E-state index contributed by atoms with van der Waals surface area (Å²) in [6.07, 6.45) is 4.28. The van der Waals surface area contributed by atoms with Crippen LogP contribution in [0, 0.1) is 25.6 Å². The molecule has 0 aliphatic carbocycles. The maximum atomic E-state index is 15.2. The van der Waals surface area contributed by atoms with Crippen molar-refractivity contribution < 1.29 is 12.8 Å². The summed E-state index contributed by atoms with van der Waals surface area (Å²) in [6, 6.07) is 7.77. The van der Waals surface area contributed by atoms with E-state index in [1.54, 1.807) is 22.8 Å². The number of halogens is 1. The van der Waals surface area contributed by atoms with E-state index in [0.717, 1.165) is 43.5 Å². The lowest BCUT2D eigenvalue weighted by Gasteiger charge is -2.33. The molecule has 1 aromatic heterocycles. The maximum Gasteiger partial charge on any atom is 0.211 e. The first kappa shape index (κ1) is 23.5. The Morgan fingerprint density at radius 2 is 1.88 bits per heavy atom. The quantitative estimate of drug-likeness (QED) is 0.512. The molecule has 7 heteroatoms. The lowest BCUT2D eigenvalue weighted by molar-refractivity contribution is 0.442. The summed E-state index contributed by atoms with van der Waals surface area (Å²) in [5.41, 5.74) is 2.18. The van der Waals surface area contributed by atoms with E-state index < -0.39 is 21.1 Å². The van der Waals surface area contributed by atoms with Crippen molar-refractivity contribution in [2.45, 2.75) is 63.3 Å². The molecule has 4 rings (SSSR count). The minimum absolute atomic E-state index is 0.0736. The van der Waals surface area contributed by atoms with Crippen LogP contribution < -0.4 is 10.3 Å². The first-order chi connectivity index (χ1) is 15.6. The van der Waals surface area contributed by atoms with E-state index in [0.29, 0.717) is 23.7 Å². The zero-order chi connectivity index (χ0) is 23.9. The number of aromatic nitrogens is 1. The molecule has 0 N–H and O–H groups in total. The monoisotopic (exact) mass is 470 g/mol. The number of pyridine rings is 1. The van der Waals surface area contributed by atoms with Gasteiger partial charge in [0.15, 0.2) is 0 Å². The van der Waals surface area contributed by atoms with Gasteiger partial charge in [-0.1, -0.05) is 19.9 Å². The number of hydrogen-bond donors (Lipinski definition) is 0. The van der Waals surface area contributed by atoms with E-state index in [4.69, 9.17) is 0 Å². The van der Waals surface area contributed by atoms with Crippen molar-refractivity contribution in [1.82, 2.24) is 4.57 Å². The highest BCUT2D eigenvalue weighted by Crippen LogP contribution is 2.30. The normalized spacial score (nSPS) is 17.0. The Balaban J connectivity index is 1.93. The van der Waals surface area contributed by atoms with Gasteiger partial charge in [-0.25, -0.2) is 12.8 Å². The molecular weight excluding hydrogens is 439 g/mol. The first-order valence-electron chi connectivity index (χ1n) is 11.6. The number of benzene rings is 2. The number of fused-ring (bicyclic) bond motifs is 1. The number of sulfone groups is 1. The summed E-state index contributed by atoms with van der Waals surface area (Å²) in [5.74, 6) is -0.0188. The lowest BCUT2D eigenvalue weighted by atomic mass is 9.99. The van der Waals surface area contributed by atoms with E-state index in [9.17, 15) is 13.2 Å². The van der Waals surface area contributed by atoms with Gasteiger partial charge in [0.05, 0.1) is 21.5 Å². The van der Waals surface area contributed by atoms with Gasteiger partial charge in [0.1, 0.15) is 10.7 Å². The number of piperidine rings is 1. The summed E-state index contributed by atoms with van der Waals surface area (Å²) < 4.78 is 43.9. The molecule has 33 heavy (non-hydrogen) atoms. The SMILES string of the molecule is CCCn1cc(S(=O)(=O)c2ccc(C)c(C)c2)c(=O)c2cc(F)c(N3CCCC(C)C3)cc21. The van der Waals surface area contributed by atoms with Crippen LogP contribution in [0.25, 0.3) is 10.9 Å². The van der Waals surface area contributed by atoms with Crippen molar-refractivity contribution in [3.8, 4) is 0 Å². The minimum Gasteiger partial charge on any atom is -0.369 e. The predicted molar refractivity (Wildman–Crippen MR) is 130 cm³/mol. The summed E-state index contributed by atoms with van der Waals surface area (Å²) >= 11 is 0. The molecule has 3 aromatic rings. The molecule has 1 aliphatic heterocycles. The first-order valence-corrected chi connectivity index (χ1v) is 13.1. The Morgan fingerprint density at radius 1 is 1.12 bits per heavy atom. The van der Waals surface area contributed by atoms with E-state index >= 15 is 4.39 Å². The van der Waals surface area contributed by atoms with Crippen LogP contribution in [0.5, 0.6) is 0 Å². The number of rotatable bonds is 5. The second-order valence-corrected chi connectivity index (χ2v) is 11.2. The molecule has 1 aliphatic rings. The summed E-state index contributed by atoms with van der Waals surface area (Å²) in [6.45, 7) is 9.93. The number of anilines is 1. The van der Waals surface area contributed by atoms with Crippen LogP contribution in [0.1, 0.15) is 44.2 Å². The van der Waals surface area contributed by atoms with Gasteiger partial charge >= 0.3 is 0 Å². The van der Waals surface area contributed by atoms with Gasteiger partial charge in [0.2, 0.25) is 15.3 Å². The number of nitrogens with zero attached hydrogens (tertiary/aromatic N) is 2. The fourth-order valence-electron chi connectivity index (χ4n) is 4.65. The third kappa shape index (κ3) is 4.31. The molecule has 0 saturated carbocycles. The van der Waals surface area contributed by atoms with Crippen molar-refractivity contribution in [1.29, 1.82) is 0 Å². The Hall–Kier alpha value is -2.67. The zero-order valence-electron chi connectivity index (χ0n) is 19.7. The van der Waals surface area contributed by atoms with Crippen molar-refractivity contribution in [3.05, 3.63) is 63.7 Å². The van der Waals surface area contributed by atoms with Crippen LogP contribution in [0.2, 0.25) is 0 Å². The van der Waals surface area contributed by atoms with Crippen molar-refractivity contribution in [2.75, 3.05) is 18.0 Å². The van der Waals surface area contributed by atoms with Gasteiger partial charge in [0.25, 0.3) is 0 Å². The summed E-state index contributed by atoms with van der Waals surface area (Å²) in [5, 5.41) is 0.0969. The van der Waals surface area contributed by atoms with Gasteiger partial charge in [-0.3, -0.25) is 4.79 Å². The molecule has 0 radical (unpaired) electrons. The summed E-state index contributed by atoms with van der Waals surface area (Å²) in [7, 11) is -4.06. The van der Waals surface area contributed by atoms with Crippen LogP contribution in [-0.4, -0.2) is 26.1 Å². The molecule has 5 nitrogen and oxygen atoms in total. The van der Waals surface area contributed by atoms with Crippen molar-refractivity contribution >= 4 is 26.4 Å². The van der Waals surface area contributed by atoms with Crippen molar-refractivity contribution in [3.63, 3.8) is 0 Å². The van der Waals surface area contributed by atoms with Crippen molar-refractivity contribution in [2.24, 2.45) is 5.92 Å². The highest BCUT2D eigenvalue weighted by molar-refractivity contribution is 7.91. The van der Waals surface area contributed by atoms with Crippen LogP contribution in [0.3, 0.4) is 0 Å². The molecule has 1 saturated heterocycles. The minimum atomic E-state index is -4.06. The molecule has 1 atom stereocenters. The topological polar surface area (TPSA) is 59.4 Å². The zero-order valence-corrected chi connectivity index (χ0v) is 20.5. The van der Waals surface area contributed by atoms with Gasteiger partial charge in [-0.05, 0) is 74.4 Å². The van der Waals surface area contributed by atoms with Crippen LogP contribution in [0.15, 0.2) is 51.1 Å². The largest absolute Gasteiger partial charge is 0.369 e. The molecule has 2 heterocycles. The van der Waals surface area contributed by atoms with Gasteiger partial charge in [0, 0.05) is 25.8 Å². The molecule has 176 valence electrons. The van der Waals surface area contributed by atoms with E-state index in [1.807, 2.05) is 25.7 Å². The predicted octanol–water partition coefficient (Wildman–Crippen LogP) is 5.24. The fraction of sp³-hybridized carbons (Fsp3) is 0.423. The Bertz CT molecular complexity index is 1380. The van der Waals surface area contributed by atoms with Gasteiger partial charge in [-0.15, -0.1) is 0 Å². The highest BCUT2D eigenvalue weighted by Gasteiger charge is 2.26. The molecule has 2 aromatic carbocycles. The number of hydrogen-bond acceptors (Lipinski definition) is 4. The van der Waals surface area contributed by atoms with Gasteiger partial charge < -0.3 is 9.47 Å². The fourth-order valence-corrected chi connectivity index (χ4v) is 6.10. The van der Waals surface area contributed by atoms with Gasteiger partial charge in [-0.2, -0.15) is 0 Å². The highest BCUT2D eigenvalue weighted by atomic mass is 32.2. The molecule has 1 fully saturated rings. The standard InChI is InChI=1S/C26H31FN2O3S/c1-5-10-28-16-25(33(31,32)20-9-8-18(3)19(4)12-20)26(30)21-13-22(27)24(14-23(21)28)29-11-6-7-17(2)15-29/h8-9,12-14,16-17H,5-7,10-11,15H2,1-4H3. The molecule has 0 bridgehead atoms. The van der Waals surface area contributed by atoms with Crippen LogP contribution in [0.4, 0.5) is 10.1 Å². The van der Waals surface area contributed by atoms with E-state index in [-0.39, 0.29) is 15.2 Å². The Labute approximate surface area is 194 Å². The molecular formula is C26H31FN2O3S. The lowest BCUT2D eigenvalue weighted by Crippen LogP contribution is -2.35. The smallest absolute Gasteiger partial charge is 0.211 e. The summed E-state index contributed by atoms with van der Waals surface area (Å²) in [4.78, 5) is 15.2. The van der Waals surface area contributed by atoms with E-state index in [1.165, 1.54) is 18.3 Å². The van der Waals surface area contributed by atoms with E-state index in [2.05, 4.69) is 6.92 Å². The number of aryl methyl sites for hydroxylation is 3. The second-order valence-electron chi connectivity index (χ2n) is 9.28.